The maximum atomic E-state index is 2.82. The van der Waals surface area contributed by atoms with E-state index in [9.17, 15) is 0 Å². The molecule has 0 bridgehead atoms. The summed E-state index contributed by atoms with van der Waals surface area (Å²) in [7, 11) is 0. The average molecular weight is 217 g/mol. The van der Waals surface area contributed by atoms with Gasteiger partial charge in [0.05, 0.1) is 0 Å². The van der Waals surface area contributed by atoms with Crippen molar-refractivity contribution in [3.63, 3.8) is 0 Å². The second-order valence-corrected chi connectivity index (χ2v) is 32.5. The summed E-state index contributed by atoms with van der Waals surface area (Å²) in [6.45, 7) is 5.64. The van der Waals surface area contributed by atoms with Gasteiger partial charge in [0.1, 0.15) is 0 Å². The fourth-order valence-electron chi connectivity index (χ4n) is 17.7. The van der Waals surface area contributed by atoms with Gasteiger partial charge in [0, 0.05) is 0 Å². The molecule has 13 heavy (non-hydrogen) atoms. The number of fused-ring (bicyclic) bond motifs is 10. The Balaban J connectivity index is 2.19. The summed E-state index contributed by atoms with van der Waals surface area (Å²) in [5.74, 6) is 0. The Morgan fingerprint density at radius 1 is 0.692 bits per heavy atom. The molecule has 71 valence electrons. The van der Waals surface area contributed by atoms with E-state index in [0.717, 1.165) is 8.70 Å². The molecule has 0 aliphatic carbocycles. The van der Waals surface area contributed by atoms with Crippen LogP contribution in [0.2, 0.25) is 47.5 Å². The topological polar surface area (TPSA) is 0 Å². The van der Waals surface area contributed by atoms with Crippen molar-refractivity contribution in [1.29, 1.82) is 0 Å². The summed E-state index contributed by atoms with van der Waals surface area (Å²) in [6.07, 6.45) is -2.53. The van der Waals surface area contributed by atoms with Gasteiger partial charge >= 0.3 is 67.7 Å². The molecule has 0 nitrogen and oxygen atoms in total. The zero-order valence-corrected chi connectivity index (χ0v) is 8.99. The summed E-state index contributed by atoms with van der Waals surface area (Å²) in [5.41, 5.74) is 0. The Labute approximate surface area is 68.0 Å². The van der Waals surface area contributed by atoms with Gasteiger partial charge in [-0.15, -0.1) is 0 Å². The standard InChI is InChI=1S/2C6H7.Co/c2*1-6-4-2-3-5-6;/h2*2-5H,1H3;. The zero-order valence-electron chi connectivity index (χ0n) is 7.95. The zero-order chi connectivity index (χ0) is 7.94. The van der Waals surface area contributed by atoms with Crippen molar-refractivity contribution in [3.8, 4) is 0 Å². The van der Waals surface area contributed by atoms with Crippen molar-refractivity contribution in [1.82, 2.24) is 0 Å². The van der Waals surface area contributed by atoms with E-state index in [1.807, 2.05) is 0 Å². The molecule has 0 amide bonds. The molecule has 0 saturated carbocycles. The molecule has 0 N–H and O–H groups in total. The Morgan fingerprint density at radius 2 is 1.00 bits per heavy atom. The van der Waals surface area contributed by atoms with E-state index in [2.05, 4.69) is 13.8 Å². The Morgan fingerprint density at radius 3 is 1.00 bits per heavy atom. The molecule has 10 aliphatic heterocycles. The van der Waals surface area contributed by atoms with E-state index in [1.165, 1.54) is 38.8 Å². The van der Waals surface area contributed by atoms with Gasteiger partial charge in [0.2, 0.25) is 0 Å². The minimum absolute atomic E-state index is 1.15. The Hall–Kier alpha value is 0.506. The van der Waals surface area contributed by atoms with Crippen molar-refractivity contribution in [3.05, 3.63) is 0 Å². The third-order valence-corrected chi connectivity index (χ3v) is 58.4. The second-order valence-electron chi connectivity index (χ2n) is 10.1. The summed E-state index contributed by atoms with van der Waals surface area (Å²) in [6, 6.07) is 0. The SMILES string of the molecule is C[C]12[CH]3[CH]4[CH]5[CH]1[Co]45321678[CH]2[CH]1[CH]6[C]7(C)[CH]28. The first-order valence-corrected chi connectivity index (χ1v) is 11.9. The van der Waals surface area contributed by atoms with Gasteiger partial charge in [0.25, 0.3) is 0 Å². The van der Waals surface area contributed by atoms with Gasteiger partial charge in [-0.1, -0.05) is 0 Å². The first kappa shape index (κ1) is 4.17. The molecule has 10 heterocycles. The van der Waals surface area contributed by atoms with Crippen LogP contribution >= 0.6 is 0 Å². The van der Waals surface area contributed by atoms with Crippen molar-refractivity contribution < 1.29 is 6.37 Å². The van der Waals surface area contributed by atoms with Crippen LogP contribution in [0.3, 0.4) is 0 Å². The van der Waals surface area contributed by atoms with E-state index >= 15 is 0 Å². The molecule has 10 fully saturated rings. The van der Waals surface area contributed by atoms with Crippen LogP contribution in [0, 0.1) is 0 Å². The number of hydrogen-bond donors (Lipinski definition) is 0. The summed E-state index contributed by atoms with van der Waals surface area (Å²) in [4.78, 5) is 12.1. The van der Waals surface area contributed by atoms with Crippen LogP contribution in [-0.2, 0) is 6.37 Å². The quantitative estimate of drug-likeness (QED) is 0.571. The minimum atomic E-state index is -2.53. The summed E-state index contributed by atoms with van der Waals surface area (Å²) in [5, 5.41) is 0. The van der Waals surface area contributed by atoms with Crippen LogP contribution < -0.4 is 0 Å². The molecule has 10 saturated heterocycles. The van der Waals surface area contributed by atoms with Gasteiger partial charge in [-0.3, -0.25) is 0 Å². The third-order valence-electron chi connectivity index (χ3n) is 15.4. The number of hydrogen-bond acceptors (Lipinski definition) is 0. The molecule has 8 atom stereocenters. The van der Waals surface area contributed by atoms with E-state index in [1.54, 1.807) is 0 Å². The molecule has 10 aliphatic rings. The molecular weight excluding hydrogens is 203 g/mol. The predicted molar refractivity (Wildman–Crippen MR) is 46.7 cm³/mol. The molecule has 0 aromatic carbocycles. The first-order valence-electron chi connectivity index (χ1n) is 6.03. The van der Waals surface area contributed by atoms with E-state index in [0.29, 0.717) is 0 Å². The maximum absolute atomic E-state index is 2.82. The van der Waals surface area contributed by atoms with Crippen molar-refractivity contribution in [2.24, 2.45) is 0 Å². The second kappa shape index (κ2) is 0.249. The fourth-order valence-corrected chi connectivity index (χ4v) is 90.2. The Kier molecular flexibility index (Phi) is 0.0800. The normalized spacial score (nSPS) is 158. The van der Waals surface area contributed by atoms with Crippen LogP contribution in [0.4, 0.5) is 0 Å². The van der Waals surface area contributed by atoms with Gasteiger partial charge < -0.3 is 0 Å². The molecule has 10 rings (SSSR count). The predicted octanol–water partition coefficient (Wildman–Crippen LogP) is 4.16. The van der Waals surface area contributed by atoms with Crippen molar-refractivity contribution in [2.75, 3.05) is 0 Å². The van der Waals surface area contributed by atoms with Gasteiger partial charge in [-0.25, -0.2) is 0 Å². The monoisotopic (exact) mass is 217 g/mol. The molecule has 1 heteroatoms. The molecule has 0 radical (unpaired) electrons. The van der Waals surface area contributed by atoms with Crippen LogP contribution in [0.5, 0.6) is 0 Å². The number of rotatable bonds is 0. The molecule has 0 aromatic heterocycles. The molecule has 0 aromatic rings. The van der Waals surface area contributed by atoms with E-state index < -0.39 is 6.37 Å². The van der Waals surface area contributed by atoms with Gasteiger partial charge in [0.15, 0.2) is 0 Å². The molecular formula is C12H14Co. The van der Waals surface area contributed by atoms with Crippen LogP contribution in [-0.4, -0.2) is 0 Å². The third kappa shape index (κ3) is 0.0269. The fraction of sp³-hybridized carbons (Fsp3) is 1.00. The summed E-state index contributed by atoms with van der Waals surface area (Å²) < 4.78 is 2.30. The average Bonchev–Trinajstić information content (AvgIpc) is 3.01. The van der Waals surface area contributed by atoms with Crippen molar-refractivity contribution >= 4 is 0 Å². The summed E-state index contributed by atoms with van der Waals surface area (Å²) >= 11 is 0. The van der Waals surface area contributed by atoms with Crippen LogP contribution in [0.25, 0.3) is 0 Å². The Bertz CT molecular complexity index is 821. The molecule has 1 spiro atoms. The van der Waals surface area contributed by atoms with Crippen LogP contribution in [0.1, 0.15) is 13.8 Å². The molecule has 8 unspecified atom stereocenters. The van der Waals surface area contributed by atoms with E-state index in [-0.39, 0.29) is 0 Å². The van der Waals surface area contributed by atoms with E-state index in [4.69, 9.17) is 0 Å². The van der Waals surface area contributed by atoms with Crippen molar-refractivity contribution in [2.45, 2.75) is 61.4 Å². The van der Waals surface area contributed by atoms with Crippen LogP contribution in [0.15, 0.2) is 0 Å². The van der Waals surface area contributed by atoms with Gasteiger partial charge in [-0.05, 0) is 0 Å². The van der Waals surface area contributed by atoms with Gasteiger partial charge in [-0.2, -0.15) is 0 Å². The first-order chi connectivity index (χ1) is 5.93.